The molecule has 2 aromatic carbocycles. The lowest BCUT2D eigenvalue weighted by Crippen LogP contribution is -2.40. The number of ether oxygens (including phenoxy) is 1. The fourth-order valence-corrected chi connectivity index (χ4v) is 5.31. The number of allylic oxidation sites excluding steroid dienone is 3. The first-order valence-corrected chi connectivity index (χ1v) is 11.4. The summed E-state index contributed by atoms with van der Waals surface area (Å²) in [6.07, 6.45) is 4.92. The summed E-state index contributed by atoms with van der Waals surface area (Å²) in [6.45, 7) is 4.77. The summed E-state index contributed by atoms with van der Waals surface area (Å²) in [4.78, 5) is 10.5. The Kier molecular flexibility index (Phi) is 5.44. The number of nitrogens with zero attached hydrogens (tertiary/aromatic N) is 2. The summed E-state index contributed by atoms with van der Waals surface area (Å²) >= 11 is 6.31. The van der Waals surface area contributed by atoms with Gasteiger partial charge < -0.3 is 14.6 Å². The molecule has 5 rings (SSSR count). The average molecular weight is 469 g/mol. The SMILES string of the molecule is COC1=C(N2CCC[C@@]2(C)c2nc3c(C)c(Cl)ccc3[nH]2)CC(c2ccccc2F)[C]=C1F. The van der Waals surface area contributed by atoms with E-state index in [1.54, 1.807) is 18.2 Å². The van der Waals surface area contributed by atoms with Crippen molar-refractivity contribution in [1.82, 2.24) is 14.9 Å². The smallest absolute Gasteiger partial charge is 0.173 e. The number of methoxy groups -OCH3 is 1. The van der Waals surface area contributed by atoms with E-state index < -0.39 is 17.3 Å². The summed E-state index contributed by atoms with van der Waals surface area (Å²) in [5.74, 6) is -0.539. The zero-order chi connectivity index (χ0) is 23.3. The Morgan fingerprint density at radius 3 is 2.79 bits per heavy atom. The van der Waals surface area contributed by atoms with Crippen LogP contribution in [0, 0.1) is 18.8 Å². The molecule has 1 aromatic heterocycles. The van der Waals surface area contributed by atoms with Crippen molar-refractivity contribution >= 4 is 22.6 Å². The van der Waals surface area contributed by atoms with Gasteiger partial charge in [0.05, 0.1) is 29.4 Å². The topological polar surface area (TPSA) is 41.1 Å². The van der Waals surface area contributed by atoms with E-state index in [0.29, 0.717) is 29.2 Å². The number of likely N-dealkylation sites (tertiary alicyclic amines) is 1. The molecular formula is C26H25ClF2N3O. The van der Waals surface area contributed by atoms with Gasteiger partial charge in [-0.15, -0.1) is 0 Å². The fourth-order valence-electron chi connectivity index (χ4n) is 5.15. The zero-order valence-electron chi connectivity index (χ0n) is 18.8. The standard InChI is InChI=1S/C26H25ClF2N3O/c1-15-18(27)9-10-21-23(15)31-25(30-21)26(2)11-6-12-32(26)22-14-16(13-20(29)24(22)33-3)17-7-4-5-8-19(17)28/h4-5,7-10,16H,6,11-12,14H2,1-3H3,(H,30,31)/t16?,26-/m0/s1. The summed E-state index contributed by atoms with van der Waals surface area (Å²) in [6, 6.07) is 10.3. The van der Waals surface area contributed by atoms with Gasteiger partial charge in [-0.2, -0.15) is 0 Å². The molecule has 1 aliphatic carbocycles. The van der Waals surface area contributed by atoms with Crippen molar-refractivity contribution in [3.8, 4) is 0 Å². The lowest BCUT2D eigenvalue weighted by atomic mass is 9.87. The molecule has 7 heteroatoms. The molecule has 33 heavy (non-hydrogen) atoms. The van der Waals surface area contributed by atoms with Crippen LogP contribution in [0.15, 0.2) is 53.7 Å². The van der Waals surface area contributed by atoms with Crippen LogP contribution in [0.1, 0.15) is 49.1 Å². The van der Waals surface area contributed by atoms with Crippen LogP contribution in [0.2, 0.25) is 5.02 Å². The van der Waals surface area contributed by atoms with Crippen molar-refractivity contribution in [3.05, 3.63) is 87.5 Å². The third kappa shape index (κ3) is 3.52. The maximum absolute atomic E-state index is 15.2. The molecule has 1 unspecified atom stereocenters. The number of aryl methyl sites for hydroxylation is 1. The normalized spacial score (nSPS) is 23.4. The Morgan fingerprint density at radius 2 is 2.03 bits per heavy atom. The van der Waals surface area contributed by atoms with Crippen LogP contribution in [0.5, 0.6) is 0 Å². The number of nitrogens with one attached hydrogen (secondary N) is 1. The van der Waals surface area contributed by atoms with Crippen LogP contribution in [0.25, 0.3) is 11.0 Å². The Labute approximate surface area is 196 Å². The monoisotopic (exact) mass is 468 g/mol. The molecular weight excluding hydrogens is 444 g/mol. The van der Waals surface area contributed by atoms with E-state index in [1.807, 2.05) is 19.1 Å². The molecule has 2 atom stereocenters. The van der Waals surface area contributed by atoms with Crippen molar-refractivity contribution in [1.29, 1.82) is 0 Å². The van der Waals surface area contributed by atoms with Crippen LogP contribution in [0.3, 0.4) is 0 Å². The minimum Gasteiger partial charge on any atom is -0.492 e. The van der Waals surface area contributed by atoms with Gasteiger partial charge in [0, 0.05) is 30.0 Å². The summed E-state index contributed by atoms with van der Waals surface area (Å²) < 4.78 is 35.2. The summed E-state index contributed by atoms with van der Waals surface area (Å²) in [5, 5.41) is 0.668. The maximum Gasteiger partial charge on any atom is 0.173 e. The average Bonchev–Trinajstić information content (AvgIpc) is 3.41. The molecule has 171 valence electrons. The lowest BCUT2D eigenvalue weighted by Gasteiger charge is -2.39. The van der Waals surface area contributed by atoms with Gasteiger partial charge in [-0.1, -0.05) is 29.8 Å². The highest BCUT2D eigenvalue weighted by Crippen LogP contribution is 2.46. The number of H-pyrrole nitrogens is 1. The van der Waals surface area contributed by atoms with Gasteiger partial charge >= 0.3 is 0 Å². The van der Waals surface area contributed by atoms with E-state index in [2.05, 4.69) is 22.9 Å². The molecule has 1 saturated heterocycles. The first kappa shape index (κ1) is 22.0. The number of hydrogen-bond donors (Lipinski definition) is 1. The first-order valence-electron chi connectivity index (χ1n) is 11.1. The van der Waals surface area contributed by atoms with E-state index >= 15 is 4.39 Å². The molecule has 1 fully saturated rings. The van der Waals surface area contributed by atoms with E-state index in [-0.39, 0.29) is 11.6 Å². The number of fused-ring (bicyclic) bond motifs is 1. The molecule has 2 heterocycles. The number of aromatic amines is 1. The van der Waals surface area contributed by atoms with Crippen LogP contribution < -0.4 is 0 Å². The largest absolute Gasteiger partial charge is 0.492 e. The molecule has 0 amide bonds. The zero-order valence-corrected chi connectivity index (χ0v) is 19.6. The second-order valence-corrected chi connectivity index (χ2v) is 9.31. The minimum absolute atomic E-state index is 0.158. The van der Waals surface area contributed by atoms with Crippen LogP contribution >= 0.6 is 11.6 Å². The molecule has 2 aliphatic rings. The van der Waals surface area contributed by atoms with Gasteiger partial charge in [-0.05, 0) is 56.0 Å². The van der Waals surface area contributed by atoms with Crippen molar-refractivity contribution in [2.45, 2.75) is 44.6 Å². The third-order valence-electron chi connectivity index (χ3n) is 6.96. The quantitative estimate of drug-likeness (QED) is 0.464. The van der Waals surface area contributed by atoms with E-state index in [4.69, 9.17) is 21.3 Å². The van der Waals surface area contributed by atoms with Gasteiger partial charge in [0.2, 0.25) is 0 Å². The number of rotatable bonds is 4. The molecule has 0 saturated carbocycles. The third-order valence-corrected chi connectivity index (χ3v) is 7.37. The Morgan fingerprint density at radius 1 is 1.24 bits per heavy atom. The minimum atomic E-state index is -0.589. The van der Waals surface area contributed by atoms with Gasteiger partial charge in [-0.25, -0.2) is 13.8 Å². The number of benzene rings is 2. The Bertz CT molecular complexity index is 1300. The highest BCUT2D eigenvalue weighted by molar-refractivity contribution is 6.32. The van der Waals surface area contributed by atoms with Gasteiger partial charge in [0.15, 0.2) is 11.6 Å². The Hall–Kier alpha value is -2.86. The van der Waals surface area contributed by atoms with E-state index in [0.717, 1.165) is 35.3 Å². The van der Waals surface area contributed by atoms with Crippen LogP contribution in [-0.4, -0.2) is 28.5 Å². The van der Waals surface area contributed by atoms with Crippen molar-refractivity contribution < 1.29 is 13.5 Å². The fraction of sp³-hybridized carbons (Fsp3) is 0.346. The highest BCUT2D eigenvalue weighted by Gasteiger charge is 2.44. The molecule has 4 nitrogen and oxygen atoms in total. The first-order chi connectivity index (χ1) is 15.8. The van der Waals surface area contributed by atoms with Gasteiger partial charge in [0.25, 0.3) is 0 Å². The second kappa shape index (κ2) is 8.17. The van der Waals surface area contributed by atoms with E-state index in [9.17, 15) is 4.39 Å². The van der Waals surface area contributed by atoms with Crippen LogP contribution in [-0.2, 0) is 10.3 Å². The molecule has 3 aromatic rings. The van der Waals surface area contributed by atoms with Crippen molar-refractivity contribution in [2.24, 2.45) is 0 Å². The van der Waals surface area contributed by atoms with Gasteiger partial charge in [0.1, 0.15) is 11.6 Å². The van der Waals surface area contributed by atoms with Gasteiger partial charge in [-0.3, -0.25) is 0 Å². The van der Waals surface area contributed by atoms with Crippen LogP contribution in [0.4, 0.5) is 8.78 Å². The lowest BCUT2D eigenvalue weighted by molar-refractivity contribution is 0.162. The maximum atomic E-state index is 15.2. The number of imidazole rings is 1. The number of hydrogen-bond acceptors (Lipinski definition) is 3. The van der Waals surface area contributed by atoms with Crippen molar-refractivity contribution in [2.75, 3.05) is 13.7 Å². The summed E-state index contributed by atoms with van der Waals surface area (Å²) in [5.41, 5.74) is 3.29. The predicted molar refractivity (Wildman–Crippen MR) is 125 cm³/mol. The van der Waals surface area contributed by atoms with Crippen molar-refractivity contribution in [3.63, 3.8) is 0 Å². The molecule has 1 radical (unpaired) electrons. The predicted octanol–water partition coefficient (Wildman–Crippen LogP) is 6.68. The molecule has 0 spiro atoms. The summed E-state index contributed by atoms with van der Waals surface area (Å²) in [7, 11) is 1.46. The molecule has 1 aliphatic heterocycles. The highest BCUT2D eigenvalue weighted by atomic mass is 35.5. The van der Waals surface area contributed by atoms with E-state index in [1.165, 1.54) is 13.2 Å². The molecule has 0 bridgehead atoms. The number of aromatic nitrogens is 2. The Balaban J connectivity index is 1.58. The molecule has 1 N–H and O–H groups in total. The second-order valence-electron chi connectivity index (χ2n) is 8.90. The number of halogens is 3.